The molecule has 1 amide bonds. The SMILES string of the molecule is Cc1cccc(CNc2cc(C(=O)N(C)Cc3ccccc3)nc(C)n2)c1. The maximum Gasteiger partial charge on any atom is 0.272 e. The molecule has 138 valence electrons. The largest absolute Gasteiger partial charge is 0.366 e. The van der Waals surface area contributed by atoms with E-state index in [0.29, 0.717) is 30.4 Å². The lowest BCUT2D eigenvalue weighted by molar-refractivity contribution is 0.0779. The minimum absolute atomic E-state index is 0.122. The fourth-order valence-corrected chi connectivity index (χ4v) is 2.91. The molecule has 3 aromatic rings. The lowest BCUT2D eigenvalue weighted by Crippen LogP contribution is -2.27. The third kappa shape index (κ3) is 5.14. The summed E-state index contributed by atoms with van der Waals surface area (Å²) in [7, 11) is 1.78. The van der Waals surface area contributed by atoms with E-state index in [1.165, 1.54) is 11.1 Å². The number of nitrogens with zero attached hydrogens (tertiary/aromatic N) is 3. The fourth-order valence-electron chi connectivity index (χ4n) is 2.91. The quantitative estimate of drug-likeness (QED) is 0.722. The van der Waals surface area contributed by atoms with E-state index in [-0.39, 0.29) is 5.91 Å². The predicted molar refractivity (Wildman–Crippen MR) is 108 cm³/mol. The number of hydrogen-bond acceptors (Lipinski definition) is 4. The summed E-state index contributed by atoms with van der Waals surface area (Å²) < 4.78 is 0. The first-order valence-corrected chi connectivity index (χ1v) is 8.96. The molecule has 0 unspecified atom stereocenters. The van der Waals surface area contributed by atoms with Gasteiger partial charge in [0.15, 0.2) is 0 Å². The number of aryl methyl sites for hydroxylation is 2. The van der Waals surface area contributed by atoms with Crippen molar-refractivity contribution in [2.24, 2.45) is 0 Å². The Labute approximate surface area is 160 Å². The molecule has 0 spiro atoms. The monoisotopic (exact) mass is 360 g/mol. The first-order chi connectivity index (χ1) is 13.0. The molecule has 0 saturated carbocycles. The third-order valence-electron chi connectivity index (χ3n) is 4.22. The van der Waals surface area contributed by atoms with Gasteiger partial charge in [0.25, 0.3) is 5.91 Å². The summed E-state index contributed by atoms with van der Waals surface area (Å²) in [4.78, 5) is 23.2. The number of benzene rings is 2. The summed E-state index contributed by atoms with van der Waals surface area (Å²) in [6.07, 6.45) is 0. The van der Waals surface area contributed by atoms with E-state index in [0.717, 1.165) is 5.56 Å². The Bertz CT molecular complexity index is 925. The van der Waals surface area contributed by atoms with Gasteiger partial charge in [-0.05, 0) is 25.0 Å². The van der Waals surface area contributed by atoms with Crippen molar-refractivity contribution in [1.82, 2.24) is 14.9 Å². The molecule has 1 heterocycles. The van der Waals surface area contributed by atoms with Crippen LogP contribution >= 0.6 is 0 Å². The van der Waals surface area contributed by atoms with E-state index >= 15 is 0 Å². The molecule has 1 N–H and O–H groups in total. The van der Waals surface area contributed by atoms with Crippen LogP contribution in [0.15, 0.2) is 60.7 Å². The highest BCUT2D eigenvalue weighted by Crippen LogP contribution is 2.13. The van der Waals surface area contributed by atoms with E-state index in [4.69, 9.17) is 0 Å². The average molecular weight is 360 g/mol. The van der Waals surface area contributed by atoms with Gasteiger partial charge in [0.2, 0.25) is 0 Å². The lowest BCUT2D eigenvalue weighted by atomic mass is 10.1. The second kappa shape index (κ2) is 8.45. The topological polar surface area (TPSA) is 58.1 Å². The highest BCUT2D eigenvalue weighted by Gasteiger charge is 2.15. The molecule has 27 heavy (non-hydrogen) atoms. The molecule has 5 heteroatoms. The fraction of sp³-hybridized carbons (Fsp3) is 0.227. The molecule has 1 aromatic heterocycles. The molecule has 5 nitrogen and oxygen atoms in total. The number of rotatable bonds is 6. The second-order valence-corrected chi connectivity index (χ2v) is 6.68. The molecule has 0 fully saturated rings. The number of hydrogen-bond donors (Lipinski definition) is 1. The van der Waals surface area contributed by atoms with Crippen LogP contribution in [0.1, 0.15) is 33.0 Å². The highest BCUT2D eigenvalue weighted by atomic mass is 16.2. The van der Waals surface area contributed by atoms with Gasteiger partial charge in [-0.3, -0.25) is 4.79 Å². The van der Waals surface area contributed by atoms with Gasteiger partial charge in [-0.15, -0.1) is 0 Å². The predicted octanol–water partition coefficient (Wildman–Crippen LogP) is 3.98. The summed E-state index contributed by atoms with van der Waals surface area (Å²) in [5.74, 6) is 1.10. The molecule has 0 atom stereocenters. The Kier molecular flexibility index (Phi) is 5.81. The van der Waals surface area contributed by atoms with Gasteiger partial charge in [-0.25, -0.2) is 9.97 Å². The molecule has 0 aliphatic rings. The standard InChI is InChI=1S/C22H24N4O/c1-16-8-7-11-19(12-16)14-23-21-13-20(24-17(2)25-21)22(27)26(3)15-18-9-5-4-6-10-18/h4-13H,14-15H2,1-3H3,(H,23,24,25). The van der Waals surface area contributed by atoms with Gasteiger partial charge in [0.1, 0.15) is 17.3 Å². The Hall–Kier alpha value is -3.21. The third-order valence-corrected chi connectivity index (χ3v) is 4.22. The normalized spacial score (nSPS) is 10.5. The number of aromatic nitrogens is 2. The van der Waals surface area contributed by atoms with Gasteiger partial charge in [0, 0.05) is 26.2 Å². The smallest absolute Gasteiger partial charge is 0.272 e. The summed E-state index contributed by atoms with van der Waals surface area (Å²) in [6.45, 7) is 5.05. The first kappa shape index (κ1) is 18.6. The zero-order valence-corrected chi connectivity index (χ0v) is 15.9. The van der Waals surface area contributed by atoms with Crippen LogP contribution < -0.4 is 5.32 Å². The molecular weight excluding hydrogens is 336 g/mol. The molecule has 0 radical (unpaired) electrons. The Balaban J connectivity index is 1.71. The Morgan fingerprint density at radius 2 is 1.70 bits per heavy atom. The molecule has 3 rings (SSSR count). The highest BCUT2D eigenvalue weighted by molar-refractivity contribution is 5.92. The molecule has 0 aliphatic carbocycles. The zero-order chi connectivity index (χ0) is 19.2. The summed E-state index contributed by atoms with van der Waals surface area (Å²) in [5.41, 5.74) is 3.86. The van der Waals surface area contributed by atoms with E-state index in [9.17, 15) is 4.79 Å². The van der Waals surface area contributed by atoms with Crippen molar-refractivity contribution in [1.29, 1.82) is 0 Å². The van der Waals surface area contributed by atoms with Crippen LogP contribution in [0.4, 0.5) is 5.82 Å². The molecule has 0 aliphatic heterocycles. The van der Waals surface area contributed by atoms with Crippen molar-refractivity contribution < 1.29 is 4.79 Å². The maximum atomic E-state index is 12.8. The lowest BCUT2D eigenvalue weighted by Gasteiger charge is -2.17. The van der Waals surface area contributed by atoms with Crippen LogP contribution in [-0.4, -0.2) is 27.8 Å². The van der Waals surface area contributed by atoms with E-state index in [2.05, 4.69) is 40.4 Å². The van der Waals surface area contributed by atoms with Gasteiger partial charge in [0.05, 0.1) is 0 Å². The van der Waals surface area contributed by atoms with Crippen LogP contribution in [0, 0.1) is 13.8 Å². The minimum Gasteiger partial charge on any atom is -0.366 e. The van der Waals surface area contributed by atoms with Gasteiger partial charge in [-0.2, -0.15) is 0 Å². The number of carbonyl (C=O) groups excluding carboxylic acids is 1. The Morgan fingerprint density at radius 3 is 2.44 bits per heavy atom. The molecule has 2 aromatic carbocycles. The van der Waals surface area contributed by atoms with Gasteiger partial charge >= 0.3 is 0 Å². The first-order valence-electron chi connectivity index (χ1n) is 8.96. The molecular formula is C22H24N4O. The van der Waals surface area contributed by atoms with Crippen molar-refractivity contribution in [3.05, 3.63) is 88.9 Å². The number of nitrogens with one attached hydrogen (secondary N) is 1. The van der Waals surface area contributed by atoms with Crippen LogP contribution in [-0.2, 0) is 13.1 Å². The Morgan fingerprint density at radius 1 is 0.963 bits per heavy atom. The number of carbonyl (C=O) groups is 1. The van der Waals surface area contributed by atoms with E-state index in [1.807, 2.05) is 36.4 Å². The summed E-state index contributed by atoms with van der Waals surface area (Å²) >= 11 is 0. The van der Waals surface area contributed by atoms with Crippen molar-refractivity contribution >= 4 is 11.7 Å². The van der Waals surface area contributed by atoms with Crippen LogP contribution in [0.3, 0.4) is 0 Å². The van der Waals surface area contributed by atoms with Crippen molar-refractivity contribution in [2.45, 2.75) is 26.9 Å². The molecule has 0 bridgehead atoms. The number of anilines is 1. The van der Waals surface area contributed by atoms with Gasteiger partial charge < -0.3 is 10.2 Å². The summed E-state index contributed by atoms with van der Waals surface area (Å²) in [6, 6.07) is 19.9. The van der Waals surface area contributed by atoms with Crippen LogP contribution in [0.25, 0.3) is 0 Å². The second-order valence-electron chi connectivity index (χ2n) is 6.68. The van der Waals surface area contributed by atoms with Crippen LogP contribution in [0.2, 0.25) is 0 Å². The van der Waals surface area contributed by atoms with Crippen molar-refractivity contribution in [2.75, 3.05) is 12.4 Å². The average Bonchev–Trinajstić information content (AvgIpc) is 2.66. The van der Waals surface area contributed by atoms with Gasteiger partial charge in [-0.1, -0.05) is 60.2 Å². The number of amides is 1. The molecule has 0 saturated heterocycles. The van der Waals surface area contributed by atoms with Crippen molar-refractivity contribution in [3.8, 4) is 0 Å². The van der Waals surface area contributed by atoms with Crippen LogP contribution in [0.5, 0.6) is 0 Å². The zero-order valence-electron chi connectivity index (χ0n) is 15.9. The van der Waals surface area contributed by atoms with E-state index in [1.54, 1.807) is 24.9 Å². The summed E-state index contributed by atoms with van der Waals surface area (Å²) in [5, 5.41) is 3.29. The maximum absolute atomic E-state index is 12.8. The van der Waals surface area contributed by atoms with Crippen molar-refractivity contribution in [3.63, 3.8) is 0 Å². The minimum atomic E-state index is -0.122. The van der Waals surface area contributed by atoms with E-state index < -0.39 is 0 Å².